The van der Waals surface area contributed by atoms with Crippen LogP contribution in [0.3, 0.4) is 0 Å². The van der Waals surface area contributed by atoms with Crippen LogP contribution in [0, 0.1) is 5.82 Å². The topological polar surface area (TPSA) is 80.2 Å². The smallest absolute Gasteiger partial charge is 0.355 e. The zero-order valence-electron chi connectivity index (χ0n) is 12.2. The predicted molar refractivity (Wildman–Crippen MR) is 82.6 cm³/mol. The highest BCUT2D eigenvalue weighted by atomic mass is 35.5. The van der Waals surface area contributed by atoms with Gasteiger partial charge in [0.2, 0.25) is 0 Å². The molecule has 1 unspecified atom stereocenters. The van der Waals surface area contributed by atoms with Crippen molar-refractivity contribution in [3.8, 4) is 5.75 Å². The Morgan fingerprint density at radius 2 is 2.13 bits per heavy atom. The molecule has 0 amide bonds. The van der Waals surface area contributed by atoms with Crippen molar-refractivity contribution in [1.29, 1.82) is 0 Å². The van der Waals surface area contributed by atoms with E-state index in [0.29, 0.717) is 0 Å². The van der Waals surface area contributed by atoms with Gasteiger partial charge in [0.05, 0.1) is 30.3 Å². The second-order valence-electron chi connectivity index (χ2n) is 4.61. The van der Waals surface area contributed by atoms with Crippen molar-refractivity contribution in [2.24, 2.45) is 5.16 Å². The van der Waals surface area contributed by atoms with E-state index < -0.39 is 17.8 Å². The number of nitrogens with one attached hydrogen (secondary N) is 1. The molecule has 1 aromatic rings. The highest BCUT2D eigenvalue weighted by Crippen LogP contribution is 2.36. The average molecular weight is 363 g/mol. The van der Waals surface area contributed by atoms with Crippen LogP contribution in [-0.2, 0) is 9.53 Å². The van der Waals surface area contributed by atoms with E-state index in [2.05, 4.69) is 15.2 Å². The molecule has 1 atom stereocenters. The Labute approximate surface area is 141 Å². The third kappa shape index (κ3) is 3.20. The second-order valence-corrected chi connectivity index (χ2v) is 5.40. The Morgan fingerprint density at radius 1 is 1.43 bits per heavy atom. The van der Waals surface area contributed by atoms with Crippen molar-refractivity contribution < 1.29 is 23.9 Å². The van der Waals surface area contributed by atoms with Crippen molar-refractivity contribution >= 4 is 34.9 Å². The number of hydrogen-bond donors (Lipinski definition) is 2. The third-order valence-electron chi connectivity index (χ3n) is 3.36. The summed E-state index contributed by atoms with van der Waals surface area (Å²) in [5.41, 5.74) is 0.0913. The molecular formula is C14H13Cl2FN2O4. The summed E-state index contributed by atoms with van der Waals surface area (Å²) in [6, 6.07) is 2.19. The van der Waals surface area contributed by atoms with Crippen LogP contribution in [-0.4, -0.2) is 31.1 Å². The lowest BCUT2D eigenvalue weighted by Crippen LogP contribution is -2.35. The van der Waals surface area contributed by atoms with Crippen molar-refractivity contribution in [3.05, 3.63) is 39.3 Å². The SMILES string of the molecule is COC(=O)C1=C(Cl)C(=NO)CC(c2ccc(Cl)c(OC)c2F)N1. The zero-order chi connectivity index (χ0) is 17.1. The molecule has 6 nitrogen and oxygen atoms in total. The average Bonchev–Trinajstić information content (AvgIpc) is 2.55. The van der Waals surface area contributed by atoms with Crippen LogP contribution in [0.1, 0.15) is 18.0 Å². The van der Waals surface area contributed by atoms with E-state index in [4.69, 9.17) is 33.1 Å². The van der Waals surface area contributed by atoms with Gasteiger partial charge < -0.3 is 20.0 Å². The maximum atomic E-state index is 14.5. The van der Waals surface area contributed by atoms with E-state index in [9.17, 15) is 9.18 Å². The first-order chi connectivity index (χ1) is 10.9. The van der Waals surface area contributed by atoms with E-state index in [1.165, 1.54) is 26.4 Å². The van der Waals surface area contributed by atoms with Crippen LogP contribution in [0.25, 0.3) is 0 Å². The summed E-state index contributed by atoms with van der Waals surface area (Å²) in [6.45, 7) is 0. The van der Waals surface area contributed by atoms with Crippen molar-refractivity contribution in [2.45, 2.75) is 12.5 Å². The fraction of sp³-hybridized carbons (Fsp3) is 0.286. The molecule has 9 heteroatoms. The number of oxime groups is 1. The highest BCUT2D eigenvalue weighted by molar-refractivity contribution is 6.45. The van der Waals surface area contributed by atoms with Crippen LogP contribution >= 0.6 is 23.2 Å². The van der Waals surface area contributed by atoms with Gasteiger partial charge >= 0.3 is 5.97 Å². The molecule has 0 aliphatic carbocycles. The molecule has 0 fully saturated rings. The summed E-state index contributed by atoms with van der Waals surface area (Å²) in [5.74, 6) is -1.56. The van der Waals surface area contributed by atoms with Crippen molar-refractivity contribution in [1.82, 2.24) is 5.32 Å². The third-order valence-corrected chi connectivity index (χ3v) is 4.06. The lowest BCUT2D eigenvalue weighted by molar-refractivity contribution is -0.136. The zero-order valence-corrected chi connectivity index (χ0v) is 13.7. The van der Waals surface area contributed by atoms with Crippen LogP contribution in [0.15, 0.2) is 28.0 Å². The minimum atomic E-state index is -0.762. The number of carbonyl (C=O) groups is 1. The normalized spacial score (nSPS) is 19.5. The summed E-state index contributed by atoms with van der Waals surface area (Å²) in [4.78, 5) is 11.8. The van der Waals surface area contributed by atoms with Gasteiger partial charge in [0.1, 0.15) is 11.4 Å². The number of esters is 1. The van der Waals surface area contributed by atoms with Gasteiger partial charge in [0, 0.05) is 12.0 Å². The number of nitrogens with zero attached hydrogens (tertiary/aromatic N) is 1. The van der Waals surface area contributed by atoms with Crippen molar-refractivity contribution in [2.75, 3.05) is 14.2 Å². The summed E-state index contributed by atoms with van der Waals surface area (Å²) in [7, 11) is 2.46. The minimum absolute atomic E-state index is 0.0316. The second kappa shape index (κ2) is 7.06. The number of benzene rings is 1. The molecule has 0 aromatic heterocycles. The molecule has 2 N–H and O–H groups in total. The number of methoxy groups -OCH3 is 2. The quantitative estimate of drug-likeness (QED) is 0.490. The molecule has 1 aromatic carbocycles. The first-order valence-corrected chi connectivity index (χ1v) is 7.18. The summed E-state index contributed by atoms with van der Waals surface area (Å²) < 4.78 is 24.1. The van der Waals surface area contributed by atoms with Gasteiger partial charge in [-0.25, -0.2) is 9.18 Å². The number of allylic oxidation sites excluding steroid dienone is 1. The molecule has 23 heavy (non-hydrogen) atoms. The Balaban J connectivity index is 2.49. The lowest BCUT2D eigenvalue weighted by Gasteiger charge is -2.27. The summed E-state index contributed by atoms with van der Waals surface area (Å²) >= 11 is 11.9. The first kappa shape index (κ1) is 17.4. The molecule has 1 heterocycles. The van der Waals surface area contributed by atoms with E-state index in [1.807, 2.05) is 0 Å². The van der Waals surface area contributed by atoms with Gasteiger partial charge in [0.25, 0.3) is 0 Å². The standard InChI is InChI=1S/C14H13Cl2FN2O4/c1-22-13-7(15)4-3-6(11(13)17)8-5-9(19-21)10(16)12(18-8)14(20)23-2/h3-4,8,18,21H,5H2,1-2H3. The van der Waals surface area contributed by atoms with Crippen molar-refractivity contribution in [3.63, 3.8) is 0 Å². The number of carbonyl (C=O) groups excluding carboxylic acids is 1. The van der Waals surface area contributed by atoms with Gasteiger partial charge in [-0.3, -0.25) is 0 Å². The fourth-order valence-electron chi connectivity index (χ4n) is 2.24. The maximum Gasteiger partial charge on any atom is 0.355 e. The minimum Gasteiger partial charge on any atom is -0.492 e. The monoisotopic (exact) mass is 362 g/mol. The molecule has 0 radical (unpaired) electrons. The van der Waals surface area contributed by atoms with E-state index >= 15 is 0 Å². The summed E-state index contributed by atoms with van der Waals surface area (Å²) in [5, 5.41) is 14.9. The molecule has 1 aliphatic rings. The van der Waals surface area contributed by atoms with Crippen LogP contribution < -0.4 is 10.1 Å². The fourth-order valence-corrected chi connectivity index (χ4v) is 2.71. The van der Waals surface area contributed by atoms with Crippen LogP contribution in [0.4, 0.5) is 4.39 Å². The Bertz CT molecular complexity index is 706. The molecule has 2 rings (SSSR count). The number of halogens is 3. The molecule has 1 aliphatic heterocycles. The molecule has 0 saturated carbocycles. The number of ether oxygens (including phenoxy) is 2. The van der Waals surface area contributed by atoms with Gasteiger partial charge in [-0.2, -0.15) is 0 Å². The predicted octanol–water partition coefficient (Wildman–Crippen LogP) is 2.98. The molecule has 0 bridgehead atoms. The number of rotatable bonds is 3. The molecule has 0 saturated heterocycles. The first-order valence-electron chi connectivity index (χ1n) is 6.42. The molecule has 0 spiro atoms. The van der Waals surface area contributed by atoms with Gasteiger partial charge in [0.15, 0.2) is 11.6 Å². The number of hydrogen-bond acceptors (Lipinski definition) is 6. The molecule has 124 valence electrons. The Kier molecular flexibility index (Phi) is 5.33. The van der Waals surface area contributed by atoms with Gasteiger partial charge in [-0.05, 0) is 6.07 Å². The largest absolute Gasteiger partial charge is 0.492 e. The van der Waals surface area contributed by atoms with Crippen LogP contribution in [0.2, 0.25) is 5.02 Å². The van der Waals surface area contributed by atoms with E-state index in [-0.39, 0.29) is 39.2 Å². The Hall–Kier alpha value is -1.99. The van der Waals surface area contributed by atoms with E-state index in [0.717, 1.165) is 0 Å². The maximum absolute atomic E-state index is 14.5. The Morgan fingerprint density at radius 3 is 2.70 bits per heavy atom. The molecular weight excluding hydrogens is 350 g/mol. The summed E-state index contributed by atoms with van der Waals surface area (Å²) in [6.07, 6.45) is 0.0531. The van der Waals surface area contributed by atoms with Crippen LogP contribution in [0.5, 0.6) is 5.75 Å². The van der Waals surface area contributed by atoms with Gasteiger partial charge in [-0.15, -0.1) is 0 Å². The lowest BCUT2D eigenvalue weighted by atomic mass is 9.96. The van der Waals surface area contributed by atoms with Gasteiger partial charge in [-0.1, -0.05) is 34.4 Å². The highest BCUT2D eigenvalue weighted by Gasteiger charge is 2.32. The van der Waals surface area contributed by atoms with E-state index in [1.54, 1.807) is 0 Å².